The summed E-state index contributed by atoms with van der Waals surface area (Å²) < 4.78 is 91.1. The van der Waals surface area contributed by atoms with E-state index in [-0.39, 0.29) is 32.1 Å². The number of ether oxygens (including phenoxy) is 2. The number of fused-ring (bicyclic) bond motifs is 3. The molecule has 0 spiro atoms. The molecule has 2 aliphatic rings. The Bertz CT molecular complexity index is 1300. The van der Waals surface area contributed by atoms with Crippen LogP contribution in [0.2, 0.25) is 0 Å². The Hall–Kier alpha value is -3.49. The van der Waals surface area contributed by atoms with Crippen LogP contribution in [-0.4, -0.2) is 58.3 Å². The largest absolute Gasteiger partial charge is 0.490 e. The summed E-state index contributed by atoms with van der Waals surface area (Å²) in [5, 5.41) is 6.51. The van der Waals surface area contributed by atoms with E-state index in [1.807, 2.05) is 4.57 Å². The quantitative estimate of drug-likeness (QED) is 0.375. The number of azo groups is 1. The van der Waals surface area contributed by atoms with Crippen molar-refractivity contribution in [1.82, 2.24) is 14.5 Å². The highest BCUT2D eigenvalue weighted by atomic mass is 19.4. The Morgan fingerprint density at radius 3 is 2.63 bits per heavy atom. The van der Waals surface area contributed by atoms with Crippen LogP contribution in [0.1, 0.15) is 30.2 Å². The summed E-state index contributed by atoms with van der Waals surface area (Å²) in [4.78, 5) is 29.8. The van der Waals surface area contributed by atoms with Gasteiger partial charge in [0.15, 0.2) is 5.92 Å². The molecular formula is C23H23F6N5O4. The van der Waals surface area contributed by atoms with E-state index < -0.39 is 41.6 Å². The summed E-state index contributed by atoms with van der Waals surface area (Å²) in [6.07, 6.45) is -8.77. The maximum Gasteiger partial charge on any atom is 0.417 e. The van der Waals surface area contributed by atoms with Gasteiger partial charge in [-0.1, -0.05) is 0 Å². The average Bonchev–Trinajstić information content (AvgIpc) is 3.11. The summed E-state index contributed by atoms with van der Waals surface area (Å²) in [6, 6.07) is 1.06. The second kappa shape index (κ2) is 10.3. The van der Waals surface area contributed by atoms with E-state index in [4.69, 9.17) is 9.47 Å². The summed E-state index contributed by atoms with van der Waals surface area (Å²) >= 11 is 0. The van der Waals surface area contributed by atoms with Crippen LogP contribution in [0.25, 0.3) is 11.0 Å². The molecule has 2 aromatic rings. The molecule has 0 bridgehead atoms. The van der Waals surface area contributed by atoms with Crippen molar-refractivity contribution in [2.45, 2.75) is 51.8 Å². The standard InChI is InChI=1S/C23H23F6N5O4/c1-12(38-17-9-31-32-21(36)19(17)23(27,28)29)11-37-6-3-18(35)33-4-5-34-16(10-33)13(2)15-7-14(22(24,25)26)8-30-20(15)34/h7-9,12,19H,3-6,10-11H2,1-2H3/t12-,19?/m0/s1. The number of carbonyl (C=O) groups is 2. The highest BCUT2D eigenvalue weighted by molar-refractivity contribution is 5.84. The van der Waals surface area contributed by atoms with E-state index in [0.29, 0.717) is 35.4 Å². The van der Waals surface area contributed by atoms with Crippen molar-refractivity contribution < 1.29 is 45.4 Å². The molecule has 2 amide bonds. The Morgan fingerprint density at radius 1 is 1.21 bits per heavy atom. The van der Waals surface area contributed by atoms with E-state index in [1.165, 1.54) is 6.92 Å². The fraction of sp³-hybridized carbons (Fsp3) is 0.522. The molecule has 9 nitrogen and oxygen atoms in total. The zero-order chi connectivity index (χ0) is 27.8. The van der Waals surface area contributed by atoms with E-state index in [0.717, 1.165) is 18.5 Å². The number of amides is 2. The molecule has 0 saturated heterocycles. The lowest BCUT2D eigenvalue weighted by Crippen LogP contribution is -2.38. The normalized spacial score (nSPS) is 18.9. The Kier molecular flexibility index (Phi) is 7.50. The van der Waals surface area contributed by atoms with Crippen molar-refractivity contribution in [3.05, 3.63) is 41.0 Å². The summed E-state index contributed by atoms with van der Waals surface area (Å²) in [5.41, 5.74) is 0.898. The molecule has 1 unspecified atom stereocenters. The van der Waals surface area contributed by atoms with Crippen molar-refractivity contribution in [2.75, 3.05) is 19.8 Å². The summed E-state index contributed by atoms with van der Waals surface area (Å²) in [6.45, 7) is 3.82. The molecule has 2 aromatic heterocycles. The minimum Gasteiger partial charge on any atom is -0.490 e. The van der Waals surface area contributed by atoms with Gasteiger partial charge in [0.2, 0.25) is 5.91 Å². The molecule has 0 aromatic carbocycles. The van der Waals surface area contributed by atoms with E-state index in [1.54, 1.807) is 11.8 Å². The average molecular weight is 547 g/mol. The van der Waals surface area contributed by atoms with Gasteiger partial charge in [-0.25, -0.2) is 4.98 Å². The van der Waals surface area contributed by atoms with Crippen LogP contribution in [0.3, 0.4) is 0 Å². The number of pyridine rings is 1. The second-order valence-corrected chi connectivity index (χ2v) is 8.94. The van der Waals surface area contributed by atoms with E-state index >= 15 is 0 Å². The maximum absolute atomic E-state index is 13.1. The predicted molar refractivity (Wildman–Crippen MR) is 118 cm³/mol. The Balaban J connectivity index is 1.30. The first-order chi connectivity index (χ1) is 17.8. The van der Waals surface area contributed by atoms with Gasteiger partial charge in [-0.2, -0.15) is 31.5 Å². The number of hydrogen-bond acceptors (Lipinski definition) is 6. The van der Waals surface area contributed by atoms with Gasteiger partial charge in [0.25, 0.3) is 5.91 Å². The molecule has 15 heteroatoms. The molecule has 0 saturated carbocycles. The lowest BCUT2D eigenvalue weighted by molar-refractivity contribution is -0.183. The van der Waals surface area contributed by atoms with Gasteiger partial charge in [0.05, 0.1) is 37.9 Å². The highest BCUT2D eigenvalue weighted by Crippen LogP contribution is 2.36. The number of aromatic nitrogens is 2. The van der Waals surface area contributed by atoms with E-state index in [2.05, 4.69) is 15.2 Å². The third-order valence-corrected chi connectivity index (χ3v) is 6.25. The van der Waals surface area contributed by atoms with Gasteiger partial charge in [-0.3, -0.25) is 9.59 Å². The first-order valence-corrected chi connectivity index (χ1v) is 11.6. The van der Waals surface area contributed by atoms with Crippen LogP contribution in [0.4, 0.5) is 26.3 Å². The molecule has 0 aliphatic carbocycles. The third-order valence-electron chi connectivity index (χ3n) is 6.25. The van der Waals surface area contributed by atoms with Crippen LogP contribution in [0, 0.1) is 12.8 Å². The molecule has 0 N–H and O–H groups in total. The van der Waals surface area contributed by atoms with Gasteiger partial charge in [0, 0.05) is 30.4 Å². The molecular weight excluding hydrogens is 524 g/mol. The number of nitrogens with zero attached hydrogens (tertiary/aromatic N) is 5. The highest BCUT2D eigenvalue weighted by Gasteiger charge is 2.50. The first kappa shape index (κ1) is 27.5. The number of aryl methyl sites for hydroxylation is 1. The van der Waals surface area contributed by atoms with Gasteiger partial charge >= 0.3 is 12.4 Å². The smallest absolute Gasteiger partial charge is 0.417 e. The molecule has 2 aliphatic heterocycles. The molecule has 206 valence electrons. The van der Waals surface area contributed by atoms with Crippen molar-refractivity contribution >= 4 is 22.8 Å². The Labute approximate surface area is 212 Å². The number of carbonyl (C=O) groups excluding carboxylic acids is 2. The van der Waals surface area contributed by atoms with Crippen molar-refractivity contribution in [3.8, 4) is 0 Å². The fourth-order valence-electron chi connectivity index (χ4n) is 4.36. The maximum atomic E-state index is 13.1. The van der Waals surface area contributed by atoms with Crippen LogP contribution in [0.5, 0.6) is 0 Å². The Morgan fingerprint density at radius 2 is 1.95 bits per heavy atom. The zero-order valence-corrected chi connectivity index (χ0v) is 20.3. The molecule has 38 heavy (non-hydrogen) atoms. The number of halogens is 6. The molecule has 2 atom stereocenters. The van der Waals surface area contributed by atoms with Crippen molar-refractivity contribution in [3.63, 3.8) is 0 Å². The fourth-order valence-corrected chi connectivity index (χ4v) is 4.36. The number of rotatable bonds is 7. The van der Waals surface area contributed by atoms with Crippen LogP contribution in [0.15, 0.2) is 34.5 Å². The molecule has 4 heterocycles. The lowest BCUT2D eigenvalue weighted by atomic mass is 10.1. The molecule has 4 rings (SSSR count). The predicted octanol–water partition coefficient (Wildman–Crippen LogP) is 4.53. The van der Waals surface area contributed by atoms with Gasteiger partial charge in [-0.15, -0.1) is 5.11 Å². The third kappa shape index (κ3) is 5.66. The SMILES string of the molecule is Cc1c2n(c3ncc(C(F)(F)F)cc13)CCN(C(=O)CCOC[C@H](C)OC1=CN=NC(=O)C1C(F)(F)F)C2. The topological polar surface area (TPSA) is 98.4 Å². The second-order valence-electron chi connectivity index (χ2n) is 8.94. The lowest BCUT2D eigenvalue weighted by Gasteiger charge is -2.29. The van der Waals surface area contributed by atoms with Gasteiger partial charge in [0.1, 0.15) is 17.5 Å². The number of hydrogen-bond donors (Lipinski definition) is 0. The van der Waals surface area contributed by atoms with Crippen molar-refractivity contribution in [1.29, 1.82) is 0 Å². The zero-order valence-electron chi connectivity index (χ0n) is 20.3. The van der Waals surface area contributed by atoms with Crippen LogP contribution in [-0.2, 0) is 38.3 Å². The summed E-state index contributed by atoms with van der Waals surface area (Å²) in [7, 11) is 0. The van der Waals surface area contributed by atoms with Crippen LogP contribution < -0.4 is 0 Å². The van der Waals surface area contributed by atoms with Crippen molar-refractivity contribution in [2.24, 2.45) is 16.1 Å². The minimum atomic E-state index is -4.88. The first-order valence-electron chi connectivity index (χ1n) is 11.6. The molecule has 0 radical (unpaired) electrons. The van der Waals surface area contributed by atoms with Crippen LogP contribution >= 0.6 is 0 Å². The van der Waals surface area contributed by atoms with Gasteiger partial charge < -0.3 is 18.9 Å². The monoisotopic (exact) mass is 547 g/mol. The number of alkyl halides is 6. The minimum absolute atomic E-state index is 0.0248. The summed E-state index contributed by atoms with van der Waals surface area (Å²) in [5.74, 6) is -4.93. The van der Waals surface area contributed by atoms with Gasteiger partial charge in [-0.05, 0) is 25.5 Å². The molecule has 0 fully saturated rings. The van der Waals surface area contributed by atoms with E-state index in [9.17, 15) is 35.9 Å².